The van der Waals surface area contributed by atoms with Gasteiger partial charge in [-0.3, -0.25) is 4.79 Å². The SMILES string of the molecule is CC(C)=CC(=O)NC1CSC1(C)C. The van der Waals surface area contributed by atoms with Gasteiger partial charge in [0.05, 0.1) is 6.04 Å². The summed E-state index contributed by atoms with van der Waals surface area (Å²) < 4.78 is 0.213. The monoisotopic (exact) mass is 199 g/mol. The second-order valence-corrected chi connectivity index (χ2v) is 5.87. The predicted molar refractivity (Wildman–Crippen MR) is 57.9 cm³/mol. The molecule has 1 rings (SSSR count). The molecule has 0 radical (unpaired) electrons. The molecule has 2 nitrogen and oxygen atoms in total. The molecule has 0 saturated carbocycles. The van der Waals surface area contributed by atoms with E-state index in [1.54, 1.807) is 6.08 Å². The maximum absolute atomic E-state index is 11.3. The highest BCUT2D eigenvalue weighted by Crippen LogP contribution is 2.39. The molecule has 1 heterocycles. The number of amides is 1. The molecule has 0 aliphatic carbocycles. The minimum atomic E-state index is 0.0402. The van der Waals surface area contributed by atoms with Crippen molar-refractivity contribution in [3.8, 4) is 0 Å². The van der Waals surface area contributed by atoms with Gasteiger partial charge in [-0.2, -0.15) is 11.8 Å². The van der Waals surface area contributed by atoms with E-state index < -0.39 is 0 Å². The Hall–Kier alpha value is -0.440. The molecule has 74 valence electrons. The van der Waals surface area contributed by atoms with Crippen LogP contribution in [0.4, 0.5) is 0 Å². The van der Waals surface area contributed by atoms with Crippen LogP contribution in [0.3, 0.4) is 0 Å². The van der Waals surface area contributed by atoms with Gasteiger partial charge < -0.3 is 5.32 Å². The second kappa shape index (κ2) is 3.74. The number of thioether (sulfide) groups is 1. The van der Waals surface area contributed by atoms with Gasteiger partial charge in [0.15, 0.2) is 0 Å². The normalized spacial score (nSPS) is 24.5. The highest BCUT2D eigenvalue weighted by Gasteiger charge is 2.39. The molecule has 1 fully saturated rings. The first-order valence-electron chi connectivity index (χ1n) is 4.51. The summed E-state index contributed by atoms with van der Waals surface area (Å²) in [6, 6.07) is 0.334. The van der Waals surface area contributed by atoms with Gasteiger partial charge in [-0.15, -0.1) is 0 Å². The van der Waals surface area contributed by atoms with Crippen LogP contribution in [-0.2, 0) is 4.79 Å². The lowest BCUT2D eigenvalue weighted by molar-refractivity contribution is -0.117. The van der Waals surface area contributed by atoms with E-state index in [4.69, 9.17) is 0 Å². The largest absolute Gasteiger partial charge is 0.348 e. The van der Waals surface area contributed by atoms with Gasteiger partial charge in [-0.1, -0.05) is 5.57 Å². The third-order valence-corrected chi connectivity index (χ3v) is 3.73. The summed E-state index contributed by atoms with van der Waals surface area (Å²) in [4.78, 5) is 11.3. The number of carbonyl (C=O) groups excluding carboxylic acids is 1. The lowest BCUT2D eigenvalue weighted by Gasteiger charge is -2.43. The second-order valence-electron chi connectivity index (χ2n) is 4.20. The van der Waals surface area contributed by atoms with Crippen molar-refractivity contribution >= 4 is 17.7 Å². The first-order valence-corrected chi connectivity index (χ1v) is 5.50. The van der Waals surface area contributed by atoms with Crippen molar-refractivity contribution in [3.05, 3.63) is 11.6 Å². The van der Waals surface area contributed by atoms with Crippen molar-refractivity contribution in [3.63, 3.8) is 0 Å². The summed E-state index contributed by atoms with van der Waals surface area (Å²) in [7, 11) is 0. The summed E-state index contributed by atoms with van der Waals surface area (Å²) in [5, 5.41) is 3.00. The van der Waals surface area contributed by atoms with Crippen LogP contribution in [0.15, 0.2) is 11.6 Å². The molecule has 1 amide bonds. The van der Waals surface area contributed by atoms with Gasteiger partial charge in [0.2, 0.25) is 5.91 Å². The summed E-state index contributed by atoms with van der Waals surface area (Å²) >= 11 is 1.90. The van der Waals surface area contributed by atoms with Crippen LogP contribution in [0.5, 0.6) is 0 Å². The zero-order valence-corrected chi connectivity index (χ0v) is 9.49. The quantitative estimate of drug-likeness (QED) is 0.689. The highest BCUT2D eigenvalue weighted by molar-refractivity contribution is 8.02. The molecule has 3 heteroatoms. The van der Waals surface area contributed by atoms with E-state index in [-0.39, 0.29) is 10.7 Å². The Labute approximate surface area is 84.2 Å². The van der Waals surface area contributed by atoms with Gasteiger partial charge in [-0.05, 0) is 27.7 Å². The molecule has 1 saturated heterocycles. The molecule has 1 N–H and O–H groups in total. The van der Waals surface area contributed by atoms with Crippen molar-refractivity contribution in [2.24, 2.45) is 0 Å². The highest BCUT2D eigenvalue weighted by atomic mass is 32.2. The summed E-state index contributed by atoms with van der Waals surface area (Å²) in [6.07, 6.45) is 1.65. The Bertz CT molecular complexity index is 241. The minimum Gasteiger partial charge on any atom is -0.348 e. The number of carbonyl (C=O) groups is 1. The van der Waals surface area contributed by atoms with Crippen LogP contribution in [-0.4, -0.2) is 22.4 Å². The zero-order valence-electron chi connectivity index (χ0n) is 8.68. The van der Waals surface area contributed by atoms with E-state index in [9.17, 15) is 4.79 Å². The lowest BCUT2D eigenvalue weighted by Crippen LogP contribution is -2.56. The Morgan fingerprint density at radius 3 is 2.46 bits per heavy atom. The van der Waals surface area contributed by atoms with Gasteiger partial charge in [0, 0.05) is 16.6 Å². The lowest BCUT2D eigenvalue weighted by atomic mass is 10.0. The third-order valence-electron chi connectivity index (χ3n) is 2.20. The van der Waals surface area contributed by atoms with Gasteiger partial charge in [0.1, 0.15) is 0 Å². The molecule has 1 aliphatic rings. The number of nitrogens with one attached hydrogen (secondary N) is 1. The van der Waals surface area contributed by atoms with Crippen LogP contribution in [0.1, 0.15) is 27.7 Å². The molecular formula is C10H17NOS. The molecular weight excluding hydrogens is 182 g/mol. The van der Waals surface area contributed by atoms with E-state index >= 15 is 0 Å². The molecule has 1 unspecified atom stereocenters. The Balaban J connectivity index is 2.42. The van der Waals surface area contributed by atoms with E-state index in [2.05, 4.69) is 19.2 Å². The smallest absolute Gasteiger partial charge is 0.244 e. The number of hydrogen-bond donors (Lipinski definition) is 1. The minimum absolute atomic E-state index is 0.0402. The Morgan fingerprint density at radius 2 is 2.15 bits per heavy atom. The number of hydrogen-bond acceptors (Lipinski definition) is 2. The first kappa shape index (κ1) is 10.6. The van der Waals surface area contributed by atoms with Crippen molar-refractivity contribution in [2.75, 3.05) is 5.75 Å². The molecule has 1 aliphatic heterocycles. The van der Waals surface area contributed by atoms with Crippen LogP contribution in [0.2, 0.25) is 0 Å². The van der Waals surface area contributed by atoms with E-state index in [0.29, 0.717) is 6.04 Å². The maximum atomic E-state index is 11.3. The van der Waals surface area contributed by atoms with Crippen LogP contribution >= 0.6 is 11.8 Å². The molecule has 0 spiro atoms. The van der Waals surface area contributed by atoms with Crippen molar-refractivity contribution in [2.45, 2.75) is 38.5 Å². The van der Waals surface area contributed by atoms with Gasteiger partial charge >= 0.3 is 0 Å². The van der Waals surface area contributed by atoms with E-state index in [1.165, 1.54) is 0 Å². The average molecular weight is 199 g/mol. The third kappa shape index (κ3) is 2.76. The average Bonchev–Trinajstić information content (AvgIpc) is 1.97. The fourth-order valence-corrected chi connectivity index (χ4v) is 2.33. The van der Waals surface area contributed by atoms with E-state index in [1.807, 2.05) is 25.6 Å². The van der Waals surface area contributed by atoms with Gasteiger partial charge in [-0.25, -0.2) is 0 Å². The summed E-state index contributed by atoms with van der Waals surface area (Å²) in [6.45, 7) is 8.18. The molecule has 0 bridgehead atoms. The standard InChI is InChI=1S/C10H17NOS/c1-7(2)5-9(12)11-8-6-13-10(8,3)4/h5,8H,6H2,1-4H3,(H,11,12). The molecule has 0 aromatic heterocycles. The fourth-order valence-electron chi connectivity index (χ4n) is 1.19. The van der Waals surface area contributed by atoms with E-state index in [0.717, 1.165) is 11.3 Å². The van der Waals surface area contributed by atoms with Gasteiger partial charge in [0.25, 0.3) is 0 Å². The Kier molecular flexibility index (Phi) is 3.06. The van der Waals surface area contributed by atoms with Crippen molar-refractivity contribution in [1.29, 1.82) is 0 Å². The first-order chi connectivity index (χ1) is 5.92. The van der Waals surface area contributed by atoms with Crippen LogP contribution < -0.4 is 5.32 Å². The van der Waals surface area contributed by atoms with Crippen molar-refractivity contribution in [1.82, 2.24) is 5.32 Å². The zero-order chi connectivity index (χ0) is 10.1. The molecule has 13 heavy (non-hydrogen) atoms. The molecule has 0 aromatic carbocycles. The molecule has 1 atom stereocenters. The Morgan fingerprint density at radius 1 is 1.54 bits per heavy atom. The number of allylic oxidation sites excluding steroid dienone is 1. The maximum Gasteiger partial charge on any atom is 0.244 e. The van der Waals surface area contributed by atoms with Crippen LogP contribution in [0.25, 0.3) is 0 Å². The fraction of sp³-hybridized carbons (Fsp3) is 0.700. The number of rotatable bonds is 2. The summed E-state index contributed by atoms with van der Waals surface area (Å²) in [5.74, 6) is 1.08. The summed E-state index contributed by atoms with van der Waals surface area (Å²) in [5.41, 5.74) is 1.04. The molecule has 0 aromatic rings. The van der Waals surface area contributed by atoms with Crippen molar-refractivity contribution < 1.29 is 4.79 Å². The predicted octanol–water partition coefficient (Wildman–Crippen LogP) is 1.96. The van der Waals surface area contributed by atoms with Crippen LogP contribution in [0, 0.1) is 0 Å². The topological polar surface area (TPSA) is 29.1 Å².